The van der Waals surface area contributed by atoms with Crippen LogP contribution in [0.2, 0.25) is 0 Å². The summed E-state index contributed by atoms with van der Waals surface area (Å²) in [7, 11) is 0. The van der Waals surface area contributed by atoms with Crippen molar-refractivity contribution < 1.29 is 22.6 Å². The largest absolute Gasteiger partial charge is 0.488 e. The van der Waals surface area contributed by atoms with E-state index in [4.69, 9.17) is 10.5 Å². The molecule has 0 saturated carbocycles. The first-order chi connectivity index (χ1) is 7.59. The van der Waals surface area contributed by atoms with Crippen LogP contribution in [0.5, 0.6) is 11.5 Å². The van der Waals surface area contributed by atoms with Crippen molar-refractivity contribution in [3.05, 3.63) is 24.3 Å². The van der Waals surface area contributed by atoms with Gasteiger partial charge in [-0.1, -0.05) is 12.1 Å². The maximum atomic E-state index is 12.7. The number of rotatable bonds is 6. The summed E-state index contributed by atoms with van der Waals surface area (Å²) in [5.74, 6) is -0.0975. The van der Waals surface area contributed by atoms with Crippen molar-refractivity contribution in [1.82, 2.24) is 0 Å². The third-order valence-corrected chi connectivity index (χ3v) is 1.64. The van der Waals surface area contributed by atoms with E-state index in [-0.39, 0.29) is 37.1 Å². The van der Waals surface area contributed by atoms with Crippen molar-refractivity contribution in [1.29, 1.82) is 0 Å². The highest BCUT2D eigenvalue weighted by Crippen LogP contribution is 2.31. The number of ether oxygens (including phenoxy) is 2. The first-order valence-corrected chi connectivity index (χ1v) is 4.64. The molecule has 17 heavy (non-hydrogen) atoms. The molecule has 7 heteroatoms. The Labute approximate surface area is 103 Å². The van der Waals surface area contributed by atoms with Crippen LogP contribution in [0.25, 0.3) is 0 Å². The Kier molecular flexibility index (Phi) is 6.75. The number of hydrogen-bond acceptors (Lipinski definition) is 3. The summed E-state index contributed by atoms with van der Waals surface area (Å²) < 4.78 is 46.5. The third-order valence-electron chi connectivity index (χ3n) is 1.64. The zero-order valence-corrected chi connectivity index (χ0v) is 9.68. The lowest BCUT2D eigenvalue weighted by Crippen LogP contribution is -2.27. The lowest BCUT2D eigenvalue weighted by molar-refractivity contribution is -0.187. The fourth-order valence-corrected chi connectivity index (χ4v) is 1.01. The van der Waals surface area contributed by atoms with Crippen LogP contribution in [0.3, 0.4) is 0 Å². The van der Waals surface area contributed by atoms with E-state index >= 15 is 0 Å². The highest BCUT2D eigenvalue weighted by atomic mass is 35.5. The number of alkyl halides is 3. The van der Waals surface area contributed by atoms with Gasteiger partial charge in [-0.25, -0.2) is 4.39 Å². The third kappa shape index (κ3) is 5.14. The van der Waals surface area contributed by atoms with Crippen LogP contribution in [0.1, 0.15) is 0 Å². The lowest BCUT2D eigenvalue weighted by Gasteiger charge is -2.17. The van der Waals surface area contributed by atoms with Gasteiger partial charge in [0.05, 0.1) is 0 Å². The molecule has 0 amide bonds. The fourth-order valence-electron chi connectivity index (χ4n) is 1.01. The predicted octanol–water partition coefficient (Wildman–Crippen LogP) is 2.39. The van der Waals surface area contributed by atoms with Gasteiger partial charge in [0.1, 0.15) is 6.61 Å². The minimum absolute atomic E-state index is 0. The van der Waals surface area contributed by atoms with Crippen LogP contribution >= 0.6 is 12.4 Å². The Bertz CT molecular complexity index is 339. The summed E-state index contributed by atoms with van der Waals surface area (Å²) in [4.78, 5) is 0. The average Bonchev–Trinajstić information content (AvgIpc) is 2.27. The van der Waals surface area contributed by atoms with E-state index in [1.54, 1.807) is 6.07 Å². The van der Waals surface area contributed by atoms with Crippen molar-refractivity contribution in [2.24, 2.45) is 5.73 Å². The van der Waals surface area contributed by atoms with Crippen molar-refractivity contribution >= 4 is 12.4 Å². The molecule has 0 aliphatic rings. The molecule has 0 fully saturated rings. The Balaban J connectivity index is 0.00000256. The molecular formula is C10H13ClF3NO2. The van der Waals surface area contributed by atoms with Gasteiger partial charge in [-0.05, 0) is 12.1 Å². The summed E-state index contributed by atoms with van der Waals surface area (Å²) in [5, 5.41) is 0. The van der Waals surface area contributed by atoms with Crippen LogP contribution < -0.4 is 15.2 Å². The van der Waals surface area contributed by atoms with Crippen LogP contribution in [0.15, 0.2) is 24.3 Å². The first kappa shape index (κ1) is 15.9. The van der Waals surface area contributed by atoms with E-state index < -0.39 is 12.8 Å². The number of halogens is 4. The molecule has 1 rings (SSSR count). The van der Waals surface area contributed by atoms with Gasteiger partial charge in [0, 0.05) is 6.54 Å². The molecule has 0 atom stereocenters. The molecule has 1 aromatic carbocycles. The SMILES string of the molecule is Cl.NCCOc1ccccc1OC(F)(F)CF. The molecule has 3 nitrogen and oxygen atoms in total. The highest BCUT2D eigenvalue weighted by molar-refractivity contribution is 5.85. The summed E-state index contributed by atoms with van der Waals surface area (Å²) in [6.45, 7) is -1.48. The fraction of sp³-hybridized carbons (Fsp3) is 0.400. The predicted molar refractivity (Wildman–Crippen MR) is 59.8 cm³/mol. The second kappa shape index (κ2) is 7.24. The maximum absolute atomic E-state index is 12.7. The zero-order valence-electron chi connectivity index (χ0n) is 8.87. The van der Waals surface area contributed by atoms with Gasteiger partial charge in [-0.2, -0.15) is 8.78 Å². The summed E-state index contributed by atoms with van der Waals surface area (Å²) in [6.07, 6.45) is -3.85. The molecule has 98 valence electrons. The zero-order chi connectivity index (χ0) is 12.0. The summed E-state index contributed by atoms with van der Waals surface area (Å²) >= 11 is 0. The van der Waals surface area contributed by atoms with Crippen LogP contribution in [-0.2, 0) is 0 Å². The molecule has 0 bridgehead atoms. The van der Waals surface area contributed by atoms with Gasteiger partial charge < -0.3 is 15.2 Å². The molecule has 0 aromatic heterocycles. The molecule has 0 unspecified atom stereocenters. The second-order valence-corrected chi connectivity index (χ2v) is 2.96. The quantitative estimate of drug-likeness (QED) is 0.864. The van der Waals surface area contributed by atoms with Crippen molar-refractivity contribution in [2.45, 2.75) is 6.11 Å². The molecule has 0 heterocycles. The smallest absolute Gasteiger partial charge is 0.427 e. The summed E-state index contributed by atoms with van der Waals surface area (Å²) in [5.41, 5.74) is 5.21. The number of hydrogen-bond donors (Lipinski definition) is 1. The maximum Gasteiger partial charge on any atom is 0.427 e. The number of benzene rings is 1. The van der Waals surface area contributed by atoms with Crippen LogP contribution in [0.4, 0.5) is 13.2 Å². The van der Waals surface area contributed by atoms with Crippen molar-refractivity contribution in [3.8, 4) is 11.5 Å². The van der Waals surface area contributed by atoms with Gasteiger partial charge in [0.15, 0.2) is 18.2 Å². The van der Waals surface area contributed by atoms with E-state index in [0.29, 0.717) is 0 Å². The van der Waals surface area contributed by atoms with E-state index in [1.807, 2.05) is 0 Å². The molecule has 1 aromatic rings. The standard InChI is InChI=1S/C10H12F3NO2.ClH/c11-7-10(12,13)16-9-4-2-1-3-8(9)15-6-5-14;/h1-4H,5-7,14H2;1H. The Morgan fingerprint density at radius 3 is 2.29 bits per heavy atom. The molecular weight excluding hydrogens is 259 g/mol. The molecule has 0 aliphatic carbocycles. The van der Waals surface area contributed by atoms with Crippen LogP contribution in [-0.4, -0.2) is 25.9 Å². The van der Waals surface area contributed by atoms with Crippen molar-refractivity contribution in [3.63, 3.8) is 0 Å². The van der Waals surface area contributed by atoms with Gasteiger partial charge in [0.2, 0.25) is 0 Å². The van der Waals surface area contributed by atoms with E-state index in [1.165, 1.54) is 18.2 Å². The van der Waals surface area contributed by atoms with Gasteiger partial charge in [0.25, 0.3) is 0 Å². The van der Waals surface area contributed by atoms with Gasteiger partial charge in [-0.3, -0.25) is 0 Å². The molecule has 0 radical (unpaired) electrons. The minimum atomic E-state index is -3.85. The highest BCUT2D eigenvalue weighted by Gasteiger charge is 2.32. The van der Waals surface area contributed by atoms with Gasteiger partial charge in [-0.15, -0.1) is 12.4 Å². The second-order valence-electron chi connectivity index (χ2n) is 2.96. The Morgan fingerprint density at radius 1 is 1.18 bits per heavy atom. The molecule has 0 saturated heterocycles. The Hall–Kier alpha value is -1.14. The normalized spacial score (nSPS) is 10.6. The first-order valence-electron chi connectivity index (χ1n) is 4.64. The lowest BCUT2D eigenvalue weighted by atomic mass is 10.3. The summed E-state index contributed by atoms with van der Waals surface area (Å²) in [6, 6.07) is 5.79. The van der Waals surface area contributed by atoms with Gasteiger partial charge >= 0.3 is 6.11 Å². The number of nitrogens with two attached hydrogens (primary N) is 1. The topological polar surface area (TPSA) is 44.5 Å². The number of para-hydroxylation sites is 2. The molecule has 0 spiro atoms. The minimum Gasteiger partial charge on any atom is -0.488 e. The van der Waals surface area contributed by atoms with E-state index in [0.717, 1.165) is 0 Å². The van der Waals surface area contributed by atoms with E-state index in [2.05, 4.69) is 4.74 Å². The van der Waals surface area contributed by atoms with Crippen molar-refractivity contribution in [2.75, 3.05) is 19.8 Å². The monoisotopic (exact) mass is 271 g/mol. The molecule has 2 N–H and O–H groups in total. The average molecular weight is 272 g/mol. The van der Waals surface area contributed by atoms with E-state index in [9.17, 15) is 13.2 Å². The Morgan fingerprint density at radius 2 is 1.76 bits per heavy atom. The molecule has 0 aliphatic heterocycles. The van der Waals surface area contributed by atoms with Crippen LogP contribution in [0, 0.1) is 0 Å².